The highest BCUT2D eigenvalue weighted by Gasteiger charge is 2.09. The Labute approximate surface area is 99.0 Å². The minimum atomic E-state index is -0.264. The molecule has 1 rings (SSSR count). The maximum Gasteiger partial charge on any atom is 0.273 e. The summed E-state index contributed by atoms with van der Waals surface area (Å²) in [6, 6.07) is 0. The Balaban J connectivity index is 2.87. The van der Waals surface area contributed by atoms with E-state index in [1.165, 1.54) is 10.9 Å². The fraction of sp³-hybridized carbons (Fsp3) is 0.600. The van der Waals surface area contributed by atoms with Gasteiger partial charge in [-0.1, -0.05) is 43.5 Å². The van der Waals surface area contributed by atoms with Gasteiger partial charge in [0.05, 0.1) is 6.33 Å². The topological polar surface area (TPSA) is 34.9 Å². The summed E-state index contributed by atoms with van der Waals surface area (Å²) < 4.78 is 1.51. The molecule has 0 saturated heterocycles. The third kappa shape index (κ3) is 3.21. The van der Waals surface area contributed by atoms with Gasteiger partial charge in [-0.2, -0.15) is 0 Å². The molecule has 0 bridgehead atoms. The Morgan fingerprint density at radius 1 is 1.53 bits per heavy atom. The van der Waals surface area contributed by atoms with Crippen molar-refractivity contribution in [2.24, 2.45) is 5.92 Å². The van der Waals surface area contributed by atoms with E-state index in [-0.39, 0.29) is 15.7 Å². The molecule has 0 spiro atoms. The molecule has 15 heavy (non-hydrogen) atoms. The van der Waals surface area contributed by atoms with Crippen LogP contribution in [0.5, 0.6) is 0 Å². The van der Waals surface area contributed by atoms with Gasteiger partial charge in [-0.15, -0.1) is 0 Å². The third-order valence-corrected chi connectivity index (χ3v) is 2.95. The van der Waals surface area contributed by atoms with Crippen LogP contribution in [-0.2, 0) is 6.54 Å². The monoisotopic (exact) mass is 248 g/mol. The molecule has 1 aromatic rings. The molecule has 84 valence electrons. The second kappa shape index (κ2) is 5.52. The predicted molar refractivity (Wildman–Crippen MR) is 62.6 cm³/mol. The Morgan fingerprint density at radius 2 is 2.20 bits per heavy atom. The first-order valence-electron chi connectivity index (χ1n) is 4.96. The van der Waals surface area contributed by atoms with Crippen LogP contribution >= 0.6 is 23.2 Å². The van der Waals surface area contributed by atoms with Crippen LogP contribution in [0.1, 0.15) is 26.7 Å². The molecule has 0 aliphatic carbocycles. The molecule has 1 unspecified atom stereocenters. The summed E-state index contributed by atoms with van der Waals surface area (Å²) in [6.07, 6.45) is 3.63. The van der Waals surface area contributed by atoms with E-state index >= 15 is 0 Å². The Kier molecular flexibility index (Phi) is 4.61. The van der Waals surface area contributed by atoms with Crippen LogP contribution in [0.2, 0.25) is 10.2 Å². The normalized spacial score (nSPS) is 12.8. The summed E-state index contributed by atoms with van der Waals surface area (Å²) in [6.45, 7) is 4.85. The lowest BCUT2D eigenvalue weighted by atomic mass is 10.1. The van der Waals surface area contributed by atoms with Crippen molar-refractivity contribution in [2.75, 3.05) is 0 Å². The van der Waals surface area contributed by atoms with Crippen molar-refractivity contribution in [2.45, 2.75) is 33.2 Å². The van der Waals surface area contributed by atoms with E-state index in [1.807, 2.05) is 0 Å². The van der Waals surface area contributed by atoms with Gasteiger partial charge in [0.2, 0.25) is 0 Å². The number of aromatic nitrogens is 2. The number of hydrogen-bond donors (Lipinski definition) is 0. The summed E-state index contributed by atoms with van der Waals surface area (Å²) in [4.78, 5) is 15.5. The summed E-state index contributed by atoms with van der Waals surface area (Å²) in [5.41, 5.74) is -0.264. The van der Waals surface area contributed by atoms with Gasteiger partial charge in [0.1, 0.15) is 5.02 Å². The number of halogens is 2. The van der Waals surface area contributed by atoms with Gasteiger partial charge in [0.25, 0.3) is 5.56 Å². The van der Waals surface area contributed by atoms with E-state index in [0.29, 0.717) is 12.5 Å². The standard InChI is InChI=1S/C10H14Cl2N2O/c1-3-4-7(2)5-14-6-13-9(12)8(11)10(14)15/h6-7H,3-5H2,1-2H3. The maximum atomic E-state index is 11.6. The minimum absolute atomic E-state index is 0.00265. The molecule has 0 aliphatic heterocycles. The lowest BCUT2D eigenvalue weighted by Gasteiger charge is -2.12. The molecular formula is C10H14Cl2N2O. The molecule has 0 radical (unpaired) electrons. The highest BCUT2D eigenvalue weighted by atomic mass is 35.5. The van der Waals surface area contributed by atoms with Crippen molar-refractivity contribution in [1.29, 1.82) is 0 Å². The molecular weight excluding hydrogens is 235 g/mol. The summed E-state index contributed by atoms with van der Waals surface area (Å²) in [5, 5.41) is 0.0731. The zero-order valence-corrected chi connectivity index (χ0v) is 10.3. The summed E-state index contributed by atoms with van der Waals surface area (Å²) >= 11 is 11.3. The van der Waals surface area contributed by atoms with Gasteiger partial charge >= 0.3 is 0 Å². The first-order chi connectivity index (χ1) is 7.06. The number of hydrogen-bond acceptors (Lipinski definition) is 2. The lowest BCUT2D eigenvalue weighted by molar-refractivity contribution is 0.435. The average Bonchev–Trinajstić information content (AvgIpc) is 2.20. The predicted octanol–water partition coefficient (Wildman–Crippen LogP) is 2.99. The highest BCUT2D eigenvalue weighted by molar-refractivity contribution is 6.40. The van der Waals surface area contributed by atoms with Crippen molar-refractivity contribution in [3.8, 4) is 0 Å². The second-order valence-electron chi connectivity index (χ2n) is 3.70. The van der Waals surface area contributed by atoms with Gasteiger partial charge in [-0.3, -0.25) is 9.36 Å². The first-order valence-corrected chi connectivity index (χ1v) is 5.72. The molecule has 0 amide bonds. The molecule has 0 aromatic carbocycles. The second-order valence-corrected chi connectivity index (χ2v) is 4.44. The first kappa shape index (κ1) is 12.5. The molecule has 0 aliphatic rings. The van der Waals surface area contributed by atoms with Crippen LogP contribution < -0.4 is 5.56 Å². The molecule has 3 nitrogen and oxygen atoms in total. The van der Waals surface area contributed by atoms with E-state index < -0.39 is 0 Å². The molecule has 0 saturated carbocycles. The van der Waals surface area contributed by atoms with E-state index in [9.17, 15) is 4.79 Å². The SMILES string of the molecule is CCCC(C)Cn1cnc(Cl)c(Cl)c1=O. The highest BCUT2D eigenvalue weighted by Crippen LogP contribution is 2.14. The van der Waals surface area contributed by atoms with Gasteiger partial charge in [-0.05, 0) is 12.3 Å². The van der Waals surface area contributed by atoms with Crippen molar-refractivity contribution in [3.63, 3.8) is 0 Å². The largest absolute Gasteiger partial charge is 0.298 e. The van der Waals surface area contributed by atoms with Crippen LogP contribution in [-0.4, -0.2) is 9.55 Å². The van der Waals surface area contributed by atoms with Crippen molar-refractivity contribution in [1.82, 2.24) is 9.55 Å². The smallest absolute Gasteiger partial charge is 0.273 e. The van der Waals surface area contributed by atoms with E-state index in [1.54, 1.807) is 0 Å². The van der Waals surface area contributed by atoms with Crippen molar-refractivity contribution in [3.05, 3.63) is 26.9 Å². The van der Waals surface area contributed by atoms with Gasteiger partial charge < -0.3 is 0 Å². The Morgan fingerprint density at radius 3 is 2.80 bits per heavy atom. The Bertz CT molecular complexity index is 389. The third-order valence-electron chi connectivity index (χ3n) is 2.23. The van der Waals surface area contributed by atoms with Crippen LogP contribution in [0.4, 0.5) is 0 Å². The number of rotatable bonds is 4. The fourth-order valence-electron chi connectivity index (χ4n) is 1.49. The van der Waals surface area contributed by atoms with Crippen LogP contribution in [0, 0.1) is 5.92 Å². The van der Waals surface area contributed by atoms with Crippen LogP contribution in [0.3, 0.4) is 0 Å². The quantitative estimate of drug-likeness (QED) is 0.769. The van der Waals surface area contributed by atoms with Gasteiger partial charge in [0.15, 0.2) is 5.15 Å². The van der Waals surface area contributed by atoms with Crippen LogP contribution in [0.15, 0.2) is 11.1 Å². The molecule has 0 fully saturated rings. The maximum absolute atomic E-state index is 11.6. The zero-order chi connectivity index (χ0) is 11.4. The lowest BCUT2D eigenvalue weighted by Crippen LogP contribution is -2.24. The average molecular weight is 249 g/mol. The van der Waals surface area contributed by atoms with Crippen LogP contribution in [0.25, 0.3) is 0 Å². The van der Waals surface area contributed by atoms with Crippen molar-refractivity contribution < 1.29 is 0 Å². The molecule has 1 aromatic heterocycles. The van der Waals surface area contributed by atoms with E-state index in [0.717, 1.165) is 12.8 Å². The molecule has 5 heteroatoms. The molecule has 1 atom stereocenters. The fourth-order valence-corrected chi connectivity index (χ4v) is 1.78. The van der Waals surface area contributed by atoms with Gasteiger partial charge in [0, 0.05) is 6.54 Å². The molecule has 0 N–H and O–H groups in total. The van der Waals surface area contributed by atoms with Crippen molar-refractivity contribution >= 4 is 23.2 Å². The molecule has 1 heterocycles. The van der Waals surface area contributed by atoms with E-state index in [4.69, 9.17) is 23.2 Å². The Hall–Kier alpha value is -0.540. The zero-order valence-electron chi connectivity index (χ0n) is 8.83. The minimum Gasteiger partial charge on any atom is -0.298 e. The van der Waals surface area contributed by atoms with Gasteiger partial charge in [-0.25, -0.2) is 4.98 Å². The number of nitrogens with zero attached hydrogens (tertiary/aromatic N) is 2. The summed E-state index contributed by atoms with van der Waals surface area (Å²) in [5.74, 6) is 0.437. The van der Waals surface area contributed by atoms with E-state index in [2.05, 4.69) is 18.8 Å². The summed E-state index contributed by atoms with van der Waals surface area (Å²) in [7, 11) is 0.